The van der Waals surface area contributed by atoms with Crippen molar-refractivity contribution in [2.75, 3.05) is 40.9 Å². The second kappa shape index (κ2) is 4.31. The van der Waals surface area contributed by atoms with Gasteiger partial charge in [0.1, 0.15) is 13.1 Å². The van der Waals surface area contributed by atoms with E-state index in [4.69, 9.17) is 4.74 Å². The second-order valence-electron chi connectivity index (χ2n) is 3.18. The summed E-state index contributed by atoms with van der Waals surface area (Å²) in [6.45, 7) is 1.29. The van der Waals surface area contributed by atoms with Gasteiger partial charge < -0.3 is 19.1 Å². The number of hydrogen-bond donors (Lipinski definition) is 0. The Morgan fingerprint density at radius 2 is 2.09 bits per heavy atom. The van der Waals surface area contributed by atoms with Crippen LogP contribution < -0.4 is 5.11 Å². The van der Waals surface area contributed by atoms with E-state index >= 15 is 0 Å². The number of carbonyl (C=O) groups excluding carboxylic acids is 1. The highest BCUT2D eigenvalue weighted by atomic mass is 16.5. The van der Waals surface area contributed by atoms with E-state index in [0.29, 0.717) is 17.6 Å². The molecule has 0 fully saturated rings. The lowest BCUT2D eigenvalue weighted by Crippen LogP contribution is -2.49. The molecule has 0 N–H and O–H groups in total. The Morgan fingerprint density at radius 1 is 1.55 bits per heavy atom. The molecule has 0 rings (SSSR count). The number of hydrogen-bond acceptors (Lipinski definition) is 3. The molecule has 0 radical (unpaired) electrons. The highest BCUT2D eigenvalue weighted by Crippen LogP contribution is 1.94. The van der Waals surface area contributed by atoms with E-state index in [1.807, 2.05) is 14.1 Å². The van der Waals surface area contributed by atoms with Gasteiger partial charge in [-0.1, -0.05) is 0 Å². The van der Waals surface area contributed by atoms with Gasteiger partial charge in [0.15, 0.2) is 0 Å². The molecule has 0 atom stereocenters. The smallest absolute Gasteiger partial charge is 0.119 e. The third kappa shape index (κ3) is 5.82. The number of aliphatic carboxylic acids is 1. The molecule has 0 aliphatic rings. The van der Waals surface area contributed by atoms with Gasteiger partial charge in [-0.05, 0) is 0 Å². The van der Waals surface area contributed by atoms with Gasteiger partial charge in [-0.2, -0.15) is 0 Å². The quantitative estimate of drug-likeness (QED) is 0.459. The number of methoxy groups -OCH3 is 1. The zero-order valence-corrected chi connectivity index (χ0v) is 7.29. The molecule has 0 aliphatic carbocycles. The lowest BCUT2D eigenvalue weighted by molar-refractivity contribution is -0.885. The Bertz CT molecular complexity index is 134. The van der Waals surface area contributed by atoms with Crippen LogP contribution in [-0.4, -0.2) is 51.4 Å². The lowest BCUT2D eigenvalue weighted by Gasteiger charge is -2.29. The normalized spacial score (nSPS) is 11.5. The summed E-state index contributed by atoms with van der Waals surface area (Å²) in [5.41, 5.74) is 0. The molecule has 0 amide bonds. The largest absolute Gasteiger partial charge is 0.544 e. The number of ether oxygens (including phenoxy) is 1. The number of carboxylic acid groups (broad SMARTS) is 1. The topological polar surface area (TPSA) is 49.4 Å². The molecule has 0 heterocycles. The maximum atomic E-state index is 10.2. The Hall–Kier alpha value is -0.610. The van der Waals surface area contributed by atoms with Gasteiger partial charge in [-0.15, -0.1) is 0 Å². The van der Waals surface area contributed by atoms with Gasteiger partial charge in [0.05, 0.1) is 26.7 Å². The first-order valence-electron chi connectivity index (χ1n) is 3.49. The van der Waals surface area contributed by atoms with E-state index < -0.39 is 5.97 Å². The summed E-state index contributed by atoms with van der Waals surface area (Å²) in [5.74, 6) is -1.02. The van der Waals surface area contributed by atoms with Crippen LogP contribution in [0.5, 0.6) is 0 Å². The zero-order chi connectivity index (χ0) is 8.91. The minimum atomic E-state index is -1.02. The van der Waals surface area contributed by atoms with E-state index in [0.717, 1.165) is 0 Å². The summed E-state index contributed by atoms with van der Waals surface area (Å²) in [6, 6.07) is 0. The third-order valence-corrected chi connectivity index (χ3v) is 1.46. The zero-order valence-electron chi connectivity index (χ0n) is 7.29. The number of likely N-dealkylation sites (N-methyl/N-ethyl adjacent to an activating group) is 1. The summed E-state index contributed by atoms with van der Waals surface area (Å²) in [6.07, 6.45) is 0. The summed E-state index contributed by atoms with van der Waals surface area (Å²) in [7, 11) is 5.25. The third-order valence-electron chi connectivity index (χ3n) is 1.46. The standard InChI is InChI=1S/C7H15NO3/c1-8(2,4-5-11-3)6-7(9)10/h4-6H2,1-3H3. The van der Waals surface area contributed by atoms with E-state index in [1.165, 1.54) is 0 Å². The maximum absolute atomic E-state index is 10.2. The summed E-state index contributed by atoms with van der Waals surface area (Å²) in [5, 5.41) is 10.2. The fourth-order valence-corrected chi connectivity index (χ4v) is 0.767. The molecule has 0 saturated carbocycles. The predicted octanol–water partition coefficient (Wildman–Crippen LogP) is -1.54. The Balaban J connectivity index is 3.70. The number of nitrogens with zero attached hydrogens (tertiary/aromatic N) is 1. The van der Waals surface area contributed by atoms with Crippen LogP contribution in [0.25, 0.3) is 0 Å². The Kier molecular flexibility index (Phi) is 4.07. The molecule has 0 spiro atoms. The first-order chi connectivity index (χ1) is 4.98. The molecule has 0 bridgehead atoms. The molecule has 0 saturated heterocycles. The van der Waals surface area contributed by atoms with Gasteiger partial charge in [0.2, 0.25) is 0 Å². The van der Waals surface area contributed by atoms with Crippen molar-refractivity contribution in [2.45, 2.75) is 0 Å². The molecule has 0 aromatic carbocycles. The van der Waals surface area contributed by atoms with Crippen molar-refractivity contribution in [3.05, 3.63) is 0 Å². The van der Waals surface area contributed by atoms with Crippen LogP contribution in [0.2, 0.25) is 0 Å². The summed E-state index contributed by atoms with van der Waals surface area (Å²) < 4.78 is 5.23. The highest BCUT2D eigenvalue weighted by molar-refractivity contribution is 5.65. The molecule has 4 heteroatoms. The van der Waals surface area contributed by atoms with Crippen molar-refractivity contribution >= 4 is 5.97 Å². The minimum Gasteiger partial charge on any atom is -0.544 e. The maximum Gasteiger partial charge on any atom is 0.119 e. The summed E-state index contributed by atoms with van der Waals surface area (Å²) in [4.78, 5) is 10.2. The van der Waals surface area contributed by atoms with Crippen LogP contribution >= 0.6 is 0 Å². The second-order valence-corrected chi connectivity index (χ2v) is 3.18. The monoisotopic (exact) mass is 161 g/mol. The van der Waals surface area contributed by atoms with E-state index in [2.05, 4.69) is 0 Å². The fourth-order valence-electron chi connectivity index (χ4n) is 0.767. The molecular weight excluding hydrogens is 146 g/mol. The van der Waals surface area contributed by atoms with Crippen molar-refractivity contribution in [1.29, 1.82) is 0 Å². The Morgan fingerprint density at radius 3 is 2.45 bits per heavy atom. The van der Waals surface area contributed by atoms with Crippen molar-refractivity contribution in [3.8, 4) is 0 Å². The molecular formula is C7H15NO3. The number of rotatable bonds is 5. The molecule has 66 valence electrons. The van der Waals surface area contributed by atoms with Crippen molar-refractivity contribution in [1.82, 2.24) is 0 Å². The molecule has 4 nitrogen and oxygen atoms in total. The molecule has 0 aromatic heterocycles. The van der Waals surface area contributed by atoms with E-state index in [-0.39, 0.29) is 6.54 Å². The predicted molar refractivity (Wildman–Crippen MR) is 38.7 cm³/mol. The van der Waals surface area contributed by atoms with Crippen LogP contribution in [0.3, 0.4) is 0 Å². The van der Waals surface area contributed by atoms with Crippen LogP contribution in [0, 0.1) is 0 Å². The lowest BCUT2D eigenvalue weighted by atomic mass is 10.4. The van der Waals surface area contributed by atoms with Gasteiger partial charge in [-0.25, -0.2) is 0 Å². The van der Waals surface area contributed by atoms with Gasteiger partial charge in [0, 0.05) is 7.11 Å². The van der Waals surface area contributed by atoms with Crippen molar-refractivity contribution < 1.29 is 19.1 Å². The van der Waals surface area contributed by atoms with Crippen LogP contribution in [-0.2, 0) is 9.53 Å². The van der Waals surface area contributed by atoms with Gasteiger partial charge in [0.25, 0.3) is 0 Å². The van der Waals surface area contributed by atoms with Gasteiger partial charge >= 0.3 is 0 Å². The fraction of sp³-hybridized carbons (Fsp3) is 0.857. The van der Waals surface area contributed by atoms with Crippen LogP contribution in [0.15, 0.2) is 0 Å². The average molecular weight is 161 g/mol. The first kappa shape index (κ1) is 10.4. The number of quaternary nitrogens is 1. The van der Waals surface area contributed by atoms with Crippen LogP contribution in [0.4, 0.5) is 0 Å². The van der Waals surface area contributed by atoms with E-state index in [1.54, 1.807) is 7.11 Å². The first-order valence-corrected chi connectivity index (χ1v) is 3.49. The van der Waals surface area contributed by atoms with E-state index in [9.17, 15) is 9.90 Å². The summed E-state index contributed by atoms with van der Waals surface area (Å²) >= 11 is 0. The number of carboxylic acids is 1. The van der Waals surface area contributed by atoms with Crippen molar-refractivity contribution in [2.24, 2.45) is 0 Å². The minimum absolute atomic E-state index is 0.0311. The molecule has 0 unspecified atom stereocenters. The molecule has 0 aromatic rings. The van der Waals surface area contributed by atoms with Gasteiger partial charge in [-0.3, -0.25) is 0 Å². The highest BCUT2D eigenvalue weighted by Gasteiger charge is 2.13. The SMILES string of the molecule is COCC[N+](C)(C)CC(=O)[O-]. The Labute approximate surface area is 67.0 Å². The van der Waals surface area contributed by atoms with Crippen molar-refractivity contribution in [3.63, 3.8) is 0 Å². The van der Waals surface area contributed by atoms with Crippen LogP contribution in [0.1, 0.15) is 0 Å². The number of carbonyl (C=O) groups is 1. The molecule has 11 heavy (non-hydrogen) atoms. The average Bonchev–Trinajstić information content (AvgIpc) is 1.81. The molecule has 0 aliphatic heterocycles.